The Labute approximate surface area is 181 Å². The van der Waals surface area contributed by atoms with Gasteiger partial charge in [-0.15, -0.1) is 0 Å². The molecule has 1 aromatic carbocycles. The number of imidazole rings is 1. The molecule has 0 fully saturated rings. The molecular weight excluding hydrogens is 370 g/mol. The van der Waals surface area contributed by atoms with Crippen molar-refractivity contribution in [1.82, 2.24) is 14.3 Å². The molecule has 0 aliphatic rings. The highest BCUT2D eigenvalue weighted by Gasteiger charge is 2.11. The van der Waals surface area contributed by atoms with Crippen molar-refractivity contribution in [1.29, 1.82) is 0 Å². The molecule has 0 bridgehead atoms. The first-order valence-electron chi connectivity index (χ1n) is 11.6. The summed E-state index contributed by atoms with van der Waals surface area (Å²) < 4.78 is 8.28. The van der Waals surface area contributed by atoms with Gasteiger partial charge >= 0.3 is 0 Å². The fraction of sp³-hybridized carbons (Fsp3) is 0.500. The molecule has 30 heavy (non-hydrogen) atoms. The van der Waals surface area contributed by atoms with E-state index in [1.807, 2.05) is 12.3 Å². The molecule has 162 valence electrons. The van der Waals surface area contributed by atoms with E-state index in [1.165, 1.54) is 57.3 Å². The Balaban J connectivity index is 1.55. The van der Waals surface area contributed by atoms with E-state index >= 15 is 0 Å². The number of ether oxygens (including phenoxy) is 1. The molecule has 2 aromatic heterocycles. The van der Waals surface area contributed by atoms with Crippen molar-refractivity contribution in [2.24, 2.45) is 0 Å². The van der Waals surface area contributed by atoms with Crippen molar-refractivity contribution in [2.45, 2.75) is 59.3 Å². The number of benzene rings is 1. The number of nitrogens with zero attached hydrogens (tertiary/aromatic N) is 3. The van der Waals surface area contributed by atoms with E-state index in [4.69, 9.17) is 9.72 Å². The molecule has 3 rings (SSSR count). The second-order valence-corrected chi connectivity index (χ2v) is 8.15. The molecule has 0 unspecified atom stereocenters. The van der Waals surface area contributed by atoms with E-state index in [-0.39, 0.29) is 0 Å². The summed E-state index contributed by atoms with van der Waals surface area (Å²) in [6.45, 7) is 11.0. The lowest BCUT2D eigenvalue weighted by Gasteiger charge is -2.21. The van der Waals surface area contributed by atoms with Gasteiger partial charge in [-0.1, -0.05) is 44.9 Å². The maximum absolute atomic E-state index is 6.19. The van der Waals surface area contributed by atoms with Crippen LogP contribution in [0.25, 0.3) is 16.9 Å². The van der Waals surface area contributed by atoms with Crippen LogP contribution in [0.2, 0.25) is 0 Å². The van der Waals surface area contributed by atoms with Crippen LogP contribution in [0.3, 0.4) is 0 Å². The Bertz CT molecular complexity index is 894. The zero-order valence-electron chi connectivity index (χ0n) is 18.9. The van der Waals surface area contributed by atoms with E-state index in [0.717, 1.165) is 35.7 Å². The van der Waals surface area contributed by atoms with Gasteiger partial charge in [0.15, 0.2) is 0 Å². The molecule has 0 saturated heterocycles. The molecule has 0 aliphatic heterocycles. The normalized spacial score (nSPS) is 11.5. The van der Waals surface area contributed by atoms with Crippen molar-refractivity contribution in [2.75, 3.05) is 26.2 Å². The van der Waals surface area contributed by atoms with Crippen LogP contribution in [-0.2, 0) is 0 Å². The van der Waals surface area contributed by atoms with Crippen LogP contribution >= 0.6 is 0 Å². The maximum Gasteiger partial charge on any atom is 0.140 e. The number of unbranched alkanes of at least 4 members (excludes halogenated alkanes) is 3. The van der Waals surface area contributed by atoms with Crippen molar-refractivity contribution < 1.29 is 4.74 Å². The van der Waals surface area contributed by atoms with Crippen molar-refractivity contribution in [3.05, 3.63) is 54.4 Å². The number of aryl methyl sites for hydroxylation is 1. The fourth-order valence-electron chi connectivity index (χ4n) is 3.81. The largest absolute Gasteiger partial charge is 0.493 e. The average Bonchev–Trinajstić information content (AvgIpc) is 3.21. The monoisotopic (exact) mass is 407 g/mol. The summed E-state index contributed by atoms with van der Waals surface area (Å²) in [6.07, 6.45) is 11.5. The lowest BCUT2D eigenvalue weighted by molar-refractivity contribution is 0.244. The summed E-state index contributed by atoms with van der Waals surface area (Å²) in [5, 5.41) is 0. The van der Waals surface area contributed by atoms with E-state index in [0.29, 0.717) is 0 Å². The topological polar surface area (TPSA) is 29.8 Å². The molecule has 0 aliphatic carbocycles. The summed E-state index contributed by atoms with van der Waals surface area (Å²) in [4.78, 5) is 7.47. The van der Waals surface area contributed by atoms with E-state index in [2.05, 4.69) is 66.6 Å². The van der Waals surface area contributed by atoms with Crippen LogP contribution < -0.4 is 4.74 Å². The van der Waals surface area contributed by atoms with E-state index in [1.54, 1.807) is 0 Å². The fourth-order valence-corrected chi connectivity index (χ4v) is 3.81. The SMILES string of the molecule is CCCCN(CCCC)CCCCOc1ccccc1-c1cn2cccc(C)c2n1. The highest BCUT2D eigenvalue weighted by molar-refractivity contribution is 5.69. The Morgan fingerprint density at radius 1 is 0.900 bits per heavy atom. The Kier molecular flexibility index (Phi) is 8.76. The van der Waals surface area contributed by atoms with Crippen molar-refractivity contribution >= 4 is 5.65 Å². The number of pyridine rings is 1. The van der Waals surface area contributed by atoms with Crippen LogP contribution in [0, 0.1) is 6.92 Å². The van der Waals surface area contributed by atoms with E-state index < -0.39 is 0 Å². The lowest BCUT2D eigenvalue weighted by atomic mass is 10.1. The molecule has 4 heteroatoms. The summed E-state index contributed by atoms with van der Waals surface area (Å²) in [6, 6.07) is 12.4. The maximum atomic E-state index is 6.19. The Morgan fingerprint density at radius 3 is 2.37 bits per heavy atom. The van der Waals surface area contributed by atoms with Gasteiger partial charge in [0.1, 0.15) is 11.4 Å². The number of hydrogen-bond acceptors (Lipinski definition) is 3. The van der Waals surface area contributed by atoms with Crippen LogP contribution in [0.5, 0.6) is 5.75 Å². The van der Waals surface area contributed by atoms with Gasteiger partial charge in [0.2, 0.25) is 0 Å². The number of hydrogen-bond donors (Lipinski definition) is 0. The van der Waals surface area contributed by atoms with Gasteiger partial charge in [-0.2, -0.15) is 0 Å². The molecule has 4 nitrogen and oxygen atoms in total. The molecule has 0 N–H and O–H groups in total. The van der Waals surface area contributed by atoms with Gasteiger partial charge in [0, 0.05) is 18.0 Å². The van der Waals surface area contributed by atoms with Crippen LogP contribution in [-0.4, -0.2) is 40.5 Å². The van der Waals surface area contributed by atoms with E-state index in [9.17, 15) is 0 Å². The Morgan fingerprint density at radius 2 is 1.63 bits per heavy atom. The standard InChI is InChI=1S/C26H37N3O/c1-4-6-16-28(17-7-5-2)18-10-11-20-30-25-15-9-8-14-23(25)24-21-29-19-12-13-22(3)26(29)27-24/h8-9,12-15,19,21H,4-7,10-11,16-18,20H2,1-3H3. The molecular formula is C26H37N3O. The van der Waals surface area contributed by atoms with Gasteiger partial charge in [0.05, 0.1) is 12.3 Å². The molecule has 0 radical (unpaired) electrons. The van der Waals surface area contributed by atoms with Crippen LogP contribution in [0.1, 0.15) is 57.9 Å². The molecule has 2 heterocycles. The zero-order chi connectivity index (χ0) is 21.2. The second-order valence-electron chi connectivity index (χ2n) is 8.15. The third-order valence-electron chi connectivity index (χ3n) is 5.62. The number of para-hydroxylation sites is 1. The summed E-state index contributed by atoms with van der Waals surface area (Å²) in [5.74, 6) is 0.924. The predicted molar refractivity (Wildman–Crippen MR) is 126 cm³/mol. The second kappa shape index (κ2) is 11.8. The first kappa shape index (κ1) is 22.4. The number of aromatic nitrogens is 2. The van der Waals surface area contributed by atoms with Gasteiger partial charge in [-0.05, 0) is 76.0 Å². The number of fused-ring (bicyclic) bond motifs is 1. The summed E-state index contributed by atoms with van der Waals surface area (Å²) >= 11 is 0. The minimum Gasteiger partial charge on any atom is -0.493 e. The summed E-state index contributed by atoms with van der Waals surface area (Å²) in [7, 11) is 0. The molecule has 0 spiro atoms. The minimum atomic E-state index is 0.749. The van der Waals surface area contributed by atoms with Crippen LogP contribution in [0.4, 0.5) is 0 Å². The van der Waals surface area contributed by atoms with Gasteiger partial charge in [0.25, 0.3) is 0 Å². The molecule has 0 atom stereocenters. The first-order valence-corrected chi connectivity index (χ1v) is 11.6. The molecule has 3 aromatic rings. The third kappa shape index (κ3) is 6.09. The predicted octanol–water partition coefficient (Wildman–Crippen LogP) is 6.37. The zero-order valence-corrected chi connectivity index (χ0v) is 18.9. The highest BCUT2D eigenvalue weighted by Crippen LogP contribution is 2.30. The number of rotatable bonds is 13. The van der Waals surface area contributed by atoms with Crippen molar-refractivity contribution in [3.63, 3.8) is 0 Å². The van der Waals surface area contributed by atoms with Gasteiger partial charge in [-0.25, -0.2) is 4.98 Å². The lowest BCUT2D eigenvalue weighted by Crippen LogP contribution is -2.27. The summed E-state index contributed by atoms with van der Waals surface area (Å²) in [5.41, 5.74) is 4.21. The van der Waals surface area contributed by atoms with Gasteiger partial charge < -0.3 is 14.0 Å². The van der Waals surface area contributed by atoms with Crippen LogP contribution in [0.15, 0.2) is 48.8 Å². The first-order chi connectivity index (χ1) is 14.7. The smallest absolute Gasteiger partial charge is 0.140 e. The van der Waals surface area contributed by atoms with Gasteiger partial charge in [-0.3, -0.25) is 0 Å². The van der Waals surface area contributed by atoms with Crippen molar-refractivity contribution in [3.8, 4) is 17.0 Å². The minimum absolute atomic E-state index is 0.749. The Hall–Kier alpha value is -2.33. The average molecular weight is 408 g/mol. The highest BCUT2D eigenvalue weighted by atomic mass is 16.5. The molecule has 0 amide bonds. The third-order valence-corrected chi connectivity index (χ3v) is 5.62. The quantitative estimate of drug-likeness (QED) is 0.308. The molecule has 0 saturated carbocycles.